The van der Waals surface area contributed by atoms with Crippen LogP contribution in [-0.4, -0.2) is 30.2 Å². The van der Waals surface area contributed by atoms with Gasteiger partial charge in [-0.25, -0.2) is 0 Å². The third kappa shape index (κ3) is 4.20. The van der Waals surface area contributed by atoms with E-state index in [-0.39, 0.29) is 5.91 Å². The molecule has 1 aliphatic heterocycles. The van der Waals surface area contributed by atoms with E-state index in [9.17, 15) is 9.59 Å². The average Bonchev–Trinajstić information content (AvgIpc) is 2.99. The van der Waals surface area contributed by atoms with Gasteiger partial charge in [0.15, 0.2) is 0 Å². The highest BCUT2D eigenvalue weighted by molar-refractivity contribution is 7.99. The van der Waals surface area contributed by atoms with Crippen molar-refractivity contribution in [2.24, 2.45) is 5.73 Å². The molecule has 1 aliphatic rings. The summed E-state index contributed by atoms with van der Waals surface area (Å²) < 4.78 is 0. The van der Waals surface area contributed by atoms with Crippen LogP contribution in [-0.2, 0) is 13.0 Å². The number of quaternary nitrogens is 1. The predicted molar refractivity (Wildman–Crippen MR) is 112 cm³/mol. The van der Waals surface area contributed by atoms with Crippen LogP contribution in [0.15, 0.2) is 29.2 Å². The second-order valence-corrected chi connectivity index (χ2v) is 9.36. The Bertz CT molecular complexity index is 861. The number of carbonyl (C=O) groups is 2. The second kappa shape index (κ2) is 8.46. The molecule has 0 aliphatic carbocycles. The molecule has 7 heteroatoms. The number of primary amides is 1. The Morgan fingerprint density at radius 2 is 2.07 bits per heavy atom. The van der Waals surface area contributed by atoms with Crippen LogP contribution in [0.4, 0.5) is 5.00 Å². The topological polar surface area (TPSA) is 76.6 Å². The summed E-state index contributed by atoms with van der Waals surface area (Å²) >= 11 is 3.12. The average molecular weight is 405 g/mol. The molecule has 0 radical (unpaired) electrons. The normalized spacial score (nSPS) is 16.2. The molecular formula is C20H26N3O2S2+. The van der Waals surface area contributed by atoms with Gasteiger partial charge in [0.25, 0.3) is 11.8 Å². The molecule has 1 aromatic carbocycles. The maximum Gasteiger partial charge on any atom is 0.257 e. The summed E-state index contributed by atoms with van der Waals surface area (Å²) in [4.78, 5) is 28.6. The number of benzene rings is 1. The van der Waals surface area contributed by atoms with Crippen LogP contribution in [0, 0.1) is 0 Å². The van der Waals surface area contributed by atoms with E-state index in [1.165, 1.54) is 16.2 Å². The zero-order valence-electron chi connectivity index (χ0n) is 15.9. The number of thiophene rings is 1. The minimum absolute atomic E-state index is 0.194. The van der Waals surface area contributed by atoms with E-state index in [1.807, 2.05) is 24.3 Å². The number of fused-ring (bicyclic) bond motifs is 1. The fraction of sp³-hybridized carbons (Fsp3) is 0.400. The summed E-state index contributed by atoms with van der Waals surface area (Å²) in [6, 6.07) is 8.06. The Balaban J connectivity index is 1.91. The number of amides is 2. The Kier molecular flexibility index (Phi) is 6.24. The summed E-state index contributed by atoms with van der Waals surface area (Å²) in [5.41, 5.74) is 7.81. The highest BCUT2D eigenvalue weighted by atomic mass is 32.2. The van der Waals surface area contributed by atoms with Crippen molar-refractivity contribution in [3.05, 3.63) is 45.8 Å². The molecule has 2 aromatic rings. The summed E-state index contributed by atoms with van der Waals surface area (Å²) in [6.07, 6.45) is 0.815. The van der Waals surface area contributed by atoms with Crippen molar-refractivity contribution in [1.82, 2.24) is 0 Å². The van der Waals surface area contributed by atoms with Crippen molar-refractivity contribution < 1.29 is 14.5 Å². The van der Waals surface area contributed by atoms with Gasteiger partial charge < -0.3 is 16.0 Å². The lowest BCUT2D eigenvalue weighted by atomic mass is 10.0. The van der Waals surface area contributed by atoms with E-state index in [0.717, 1.165) is 40.6 Å². The molecule has 144 valence electrons. The lowest BCUT2D eigenvalue weighted by Crippen LogP contribution is -3.14. The van der Waals surface area contributed by atoms with Gasteiger partial charge in [0, 0.05) is 11.3 Å². The van der Waals surface area contributed by atoms with Crippen LogP contribution in [0.25, 0.3) is 0 Å². The molecular weight excluding hydrogens is 378 g/mol. The van der Waals surface area contributed by atoms with Gasteiger partial charge in [0.2, 0.25) is 0 Å². The Morgan fingerprint density at radius 3 is 2.74 bits per heavy atom. The van der Waals surface area contributed by atoms with Crippen molar-refractivity contribution in [2.75, 3.05) is 17.6 Å². The first kappa shape index (κ1) is 19.9. The van der Waals surface area contributed by atoms with E-state index in [2.05, 4.69) is 26.1 Å². The quantitative estimate of drug-likeness (QED) is 0.648. The maximum atomic E-state index is 12.9. The molecule has 0 bridgehead atoms. The Morgan fingerprint density at radius 1 is 1.33 bits per heavy atom. The number of nitrogens with two attached hydrogens (primary N) is 1. The van der Waals surface area contributed by atoms with E-state index in [4.69, 9.17) is 5.73 Å². The number of hydrogen-bond acceptors (Lipinski definition) is 4. The van der Waals surface area contributed by atoms with Crippen molar-refractivity contribution in [3.8, 4) is 0 Å². The third-order valence-electron chi connectivity index (χ3n) is 4.90. The maximum absolute atomic E-state index is 12.9. The summed E-state index contributed by atoms with van der Waals surface area (Å²) in [5.74, 6) is 0.227. The molecule has 0 fully saturated rings. The van der Waals surface area contributed by atoms with Crippen LogP contribution in [0.2, 0.25) is 0 Å². The molecule has 27 heavy (non-hydrogen) atoms. The molecule has 0 saturated carbocycles. The first-order valence-corrected chi connectivity index (χ1v) is 11.0. The zero-order chi connectivity index (χ0) is 19.6. The monoisotopic (exact) mass is 404 g/mol. The second-order valence-electron chi connectivity index (χ2n) is 6.95. The molecule has 3 rings (SSSR count). The van der Waals surface area contributed by atoms with Crippen LogP contribution < -0.4 is 16.0 Å². The number of rotatable bonds is 6. The first-order chi connectivity index (χ1) is 12.9. The number of thioether (sulfide) groups is 1. The molecule has 2 amide bonds. The molecule has 4 N–H and O–H groups in total. The SMILES string of the molecule is CCSc1ccccc1C(=O)Nc1sc2c(c1C(N)=O)CC[NH+](C(C)C)C2. The van der Waals surface area contributed by atoms with Crippen LogP contribution in [0.1, 0.15) is 51.9 Å². The van der Waals surface area contributed by atoms with E-state index >= 15 is 0 Å². The predicted octanol–water partition coefficient (Wildman–Crippen LogP) is 2.56. The molecule has 2 heterocycles. The Labute approximate surface area is 168 Å². The van der Waals surface area contributed by atoms with Gasteiger partial charge in [-0.05, 0) is 37.3 Å². The van der Waals surface area contributed by atoms with Gasteiger partial charge in [0.05, 0.1) is 28.6 Å². The smallest absolute Gasteiger partial charge is 0.257 e. The fourth-order valence-electron chi connectivity index (χ4n) is 3.45. The van der Waals surface area contributed by atoms with E-state index < -0.39 is 5.91 Å². The standard InChI is InChI=1S/C20H25N3O2S2/c1-4-26-15-8-6-5-7-14(15)19(25)22-20-17(18(21)24)13-9-10-23(12(2)3)11-16(13)27-20/h5-8,12H,4,9-11H2,1-3H3,(H2,21,24)(H,22,25)/p+1. The van der Waals surface area contributed by atoms with Crippen LogP contribution in [0.3, 0.4) is 0 Å². The number of carbonyl (C=O) groups excluding carboxylic acids is 2. The van der Waals surface area contributed by atoms with Gasteiger partial charge in [0.1, 0.15) is 11.5 Å². The summed E-state index contributed by atoms with van der Waals surface area (Å²) in [7, 11) is 0. The molecule has 0 saturated heterocycles. The fourth-order valence-corrected chi connectivity index (χ4v) is 5.55. The number of anilines is 1. The van der Waals surface area contributed by atoms with Gasteiger partial charge in [-0.15, -0.1) is 23.1 Å². The number of hydrogen-bond donors (Lipinski definition) is 3. The van der Waals surface area contributed by atoms with Gasteiger partial charge >= 0.3 is 0 Å². The van der Waals surface area contributed by atoms with Crippen molar-refractivity contribution >= 4 is 39.9 Å². The van der Waals surface area contributed by atoms with Gasteiger partial charge in [-0.3, -0.25) is 9.59 Å². The molecule has 1 unspecified atom stereocenters. The first-order valence-electron chi connectivity index (χ1n) is 9.24. The van der Waals surface area contributed by atoms with Crippen LogP contribution in [0.5, 0.6) is 0 Å². The summed E-state index contributed by atoms with van der Waals surface area (Å²) in [5, 5.41) is 3.55. The lowest BCUT2D eigenvalue weighted by Gasteiger charge is -2.27. The van der Waals surface area contributed by atoms with Crippen molar-refractivity contribution in [2.45, 2.75) is 44.7 Å². The molecule has 0 spiro atoms. The van der Waals surface area contributed by atoms with Crippen molar-refractivity contribution in [1.29, 1.82) is 0 Å². The largest absolute Gasteiger partial charge is 0.365 e. The molecule has 1 atom stereocenters. The molecule has 5 nitrogen and oxygen atoms in total. The van der Waals surface area contributed by atoms with Gasteiger partial charge in [-0.1, -0.05) is 19.1 Å². The minimum atomic E-state index is -0.466. The highest BCUT2D eigenvalue weighted by Gasteiger charge is 2.30. The molecule has 1 aromatic heterocycles. The Hall–Kier alpha value is -1.83. The van der Waals surface area contributed by atoms with Crippen molar-refractivity contribution in [3.63, 3.8) is 0 Å². The highest BCUT2D eigenvalue weighted by Crippen LogP contribution is 2.35. The minimum Gasteiger partial charge on any atom is -0.365 e. The van der Waals surface area contributed by atoms with E-state index in [0.29, 0.717) is 22.2 Å². The van der Waals surface area contributed by atoms with Gasteiger partial charge in [-0.2, -0.15) is 0 Å². The zero-order valence-corrected chi connectivity index (χ0v) is 17.6. The summed E-state index contributed by atoms with van der Waals surface area (Å²) in [6.45, 7) is 8.31. The lowest BCUT2D eigenvalue weighted by molar-refractivity contribution is -0.936. The van der Waals surface area contributed by atoms with Crippen LogP contribution >= 0.6 is 23.1 Å². The number of nitrogens with one attached hydrogen (secondary N) is 2. The van der Waals surface area contributed by atoms with E-state index in [1.54, 1.807) is 11.8 Å². The third-order valence-corrected chi connectivity index (χ3v) is 7.00.